The van der Waals surface area contributed by atoms with Crippen LogP contribution in [-0.4, -0.2) is 29.9 Å². The van der Waals surface area contributed by atoms with Crippen LogP contribution >= 0.6 is 0 Å². The third-order valence-corrected chi connectivity index (χ3v) is 4.22. The first kappa shape index (κ1) is 12.9. The number of hydrogen-bond donors (Lipinski definition) is 1. The van der Waals surface area contributed by atoms with Crippen LogP contribution in [0.2, 0.25) is 0 Å². The summed E-state index contributed by atoms with van der Waals surface area (Å²) in [4.78, 5) is 14.4. The average molecular weight is 238 g/mol. The fraction of sp³-hybridized carbons (Fsp3) is 0.929. The number of nitrogens with zero attached hydrogens (tertiary/aromatic N) is 1. The molecule has 0 spiro atoms. The minimum atomic E-state index is 0.225. The van der Waals surface area contributed by atoms with E-state index in [-0.39, 0.29) is 12.0 Å². The zero-order valence-electron chi connectivity index (χ0n) is 11.2. The smallest absolute Gasteiger partial charge is 0.225 e. The molecule has 1 saturated carbocycles. The number of likely N-dealkylation sites (tertiary alicyclic amines) is 1. The third kappa shape index (κ3) is 3.21. The van der Waals surface area contributed by atoms with Gasteiger partial charge in [-0.2, -0.15) is 0 Å². The van der Waals surface area contributed by atoms with Crippen LogP contribution in [0.4, 0.5) is 0 Å². The van der Waals surface area contributed by atoms with Gasteiger partial charge in [0.05, 0.1) is 0 Å². The molecular formula is C14H26N2O. The number of carbonyl (C=O) groups excluding carboxylic acids is 1. The van der Waals surface area contributed by atoms with Gasteiger partial charge >= 0.3 is 0 Å². The number of hydrogen-bond acceptors (Lipinski definition) is 2. The molecule has 0 bridgehead atoms. The summed E-state index contributed by atoms with van der Waals surface area (Å²) in [6.45, 7) is 6.49. The van der Waals surface area contributed by atoms with Crippen molar-refractivity contribution in [2.75, 3.05) is 13.1 Å². The van der Waals surface area contributed by atoms with E-state index in [9.17, 15) is 4.79 Å². The molecule has 2 fully saturated rings. The van der Waals surface area contributed by atoms with Crippen molar-refractivity contribution in [3.05, 3.63) is 0 Å². The molecule has 0 radical (unpaired) electrons. The number of rotatable bonds is 3. The Morgan fingerprint density at radius 1 is 1.35 bits per heavy atom. The van der Waals surface area contributed by atoms with Crippen molar-refractivity contribution in [2.45, 2.75) is 52.0 Å². The number of nitrogens with two attached hydrogens (primary N) is 1. The lowest BCUT2D eigenvalue weighted by Crippen LogP contribution is -2.34. The molecule has 17 heavy (non-hydrogen) atoms. The highest BCUT2D eigenvalue weighted by Crippen LogP contribution is 2.30. The Morgan fingerprint density at radius 3 is 2.71 bits per heavy atom. The monoisotopic (exact) mass is 238 g/mol. The molecule has 3 atom stereocenters. The van der Waals surface area contributed by atoms with Crippen molar-refractivity contribution in [3.63, 3.8) is 0 Å². The van der Waals surface area contributed by atoms with E-state index in [1.165, 1.54) is 12.8 Å². The second-order valence-electron chi connectivity index (χ2n) is 6.34. The number of carbonyl (C=O) groups is 1. The van der Waals surface area contributed by atoms with E-state index < -0.39 is 0 Å². The Labute approximate surface area is 105 Å². The fourth-order valence-corrected chi connectivity index (χ4v) is 3.39. The van der Waals surface area contributed by atoms with Crippen molar-refractivity contribution >= 4 is 5.91 Å². The van der Waals surface area contributed by atoms with Gasteiger partial charge in [0.15, 0.2) is 0 Å². The predicted molar refractivity (Wildman–Crippen MR) is 69.5 cm³/mol. The Kier molecular flexibility index (Phi) is 4.08. The molecule has 2 N–H and O–H groups in total. The van der Waals surface area contributed by atoms with Gasteiger partial charge in [-0.05, 0) is 43.9 Å². The summed E-state index contributed by atoms with van der Waals surface area (Å²) in [6, 6.07) is 0.262. The molecule has 0 aromatic rings. The highest BCUT2D eigenvalue weighted by atomic mass is 16.2. The Balaban J connectivity index is 1.81. The highest BCUT2D eigenvalue weighted by molar-refractivity contribution is 5.79. The molecule has 2 rings (SSSR count). The molecule has 3 nitrogen and oxygen atoms in total. The van der Waals surface area contributed by atoms with E-state index >= 15 is 0 Å². The largest absolute Gasteiger partial charge is 0.342 e. The Hall–Kier alpha value is -0.570. The summed E-state index contributed by atoms with van der Waals surface area (Å²) in [6.07, 6.45) is 5.39. The predicted octanol–water partition coefficient (Wildman–Crippen LogP) is 2.01. The topological polar surface area (TPSA) is 46.3 Å². The maximum Gasteiger partial charge on any atom is 0.225 e. The highest BCUT2D eigenvalue weighted by Gasteiger charge is 2.34. The SMILES string of the molecule is CC(C)CC1CCN(C(=O)C2CCC(N)C2)C1. The summed E-state index contributed by atoms with van der Waals surface area (Å²) in [5.41, 5.74) is 5.88. The van der Waals surface area contributed by atoms with E-state index in [4.69, 9.17) is 5.73 Å². The van der Waals surface area contributed by atoms with Gasteiger partial charge < -0.3 is 10.6 Å². The maximum atomic E-state index is 12.3. The van der Waals surface area contributed by atoms with Gasteiger partial charge in [-0.1, -0.05) is 13.8 Å². The molecule has 1 aliphatic heterocycles. The van der Waals surface area contributed by atoms with Gasteiger partial charge in [0.25, 0.3) is 0 Å². The summed E-state index contributed by atoms with van der Waals surface area (Å²) in [7, 11) is 0. The van der Waals surface area contributed by atoms with Crippen LogP contribution < -0.4 is 5.73 Å². The van der Waals surface area contributed by atoms with Gasteiger partial charge in [0, 0.05) is 25.0 Å². The van der Waals surface area contributed by atoms with Gasteiger partial charge in [0.2, 0.25) is 5.91 Å². The van der Waals surface area contributed by atoms with E-state index in [0.717, 1.165) is 44.2 Å². The molecular weight excluding hydrogens is 212 g/mol. The lowest BCUT2D eigenvalue weighted by atomic mass is 9.97. The lowest BCUT2D eigenvalue weighted by Gasteiger charge is -2.21. The normalized spacial score (nSPS) is 33.6. The Morgan fingerprint density at radius 2 is 2.12 bits per heavy atom. The maximum absolute atomic E-state index is 12.3. The number of amides is 1. The first-order chi connectivity index (χ1) is 8.06. The molecule has 1 amide bonds. The molecule has 1 saturated heterocycles. The lowest BCUT2D eigenvalue weighted by molar-refractivity contribution is -0.134. The molecule has 3 unspecified atom stereocenters. The van der Waals surface area contributed by atoms with Gasteiger partial charge in [-0.3, -0.25) is 4.79 Å². The molecule has 0 aromatic heterocycles. The van der Waals surface area contributed by atoms with Gasteiger partial charge in [-0.15, -0.1) is 0 Å². The fourth-order valence-electron chi connectivity index (χ4n) is 3.39. The van der Waals surface area contributed by atoms with Gasteiger partial charge in [0.1, 0.15) is 0 Å². The van der Waals surface area contributed by atoms with Crippen LogP contribution in [0.25, 0.3) is 0 Å². The second-order valence-corrected chi connectivity index (χ2v) is 6.34. The second kappa shape index (κ2) is 5.38. The van der Waals surface area contributed by atoms with Crippen molar-refractivity contribution in [2.24, 2.45) is 23.5 Å². The van der Waals surface area contributed by atoms with Gasteiger partial charge in [-0.25, -0.2) is 0 Å². The Bertz CT molecular complexity index is 277. The molecule has 98 valence electrons. The van der Waals surface area contributed by atoms with Crippen LogP contribution in [0.3, 0.4) is 0 Å². The zero-order chi connectivity index (χ0) is 12.4. The zero-order valence-corrected chi connectivity index (χ0v) is 11.2. The van der Waals surface area contributed by atoms with E-state index in [0.29, 0.717) is 5.91 Å². The van der Waals surface area contributed by atoms with E-state index in [2.05, 4.69) is 18.7 Å². The van der Waals surface area contributed by atoms with Crippen molar-refractivity contribution in [1.29, 1.82) is 0 Å². The van der Waals surface area contributed by atoms with Crippen molar-refractivity contribution in [3.8, 4) is 0 Å². The van der Waals surface area contributed by atoms with Crippen LogP contribution in [0.1, 0.15) is 46.0 Å². The molecule has 1 aliphatic carbocycles. The quantitative estimate of drug-likeness (QED) is 0.817. The molecule has 1 heterocycles. The molecule has 3 heteroatoms. The summed E-state index contributed by atoms with van der Waals surface area (Å²) >= 11 is 0. The third-order valence-electron chi connectivity index (χ3n) is 4.22. The van der Waals surface area contributed by atoms with Crippen LogP contribution in [0, 0.1) is 17.8 Å². The van der Waals surface area contributed by atoms with Crippen LogP contribution in [-0.2, 0) is 4.79 Å². The van der Waals surface area contributed by atoms with Crippen LogP contribution in [0.15, 0.2) is 0 Å². The summed E-state index contributed by atoms with van der Waals surface area (Å²) in [5, 5.41) is 0. The van der Waals surface area contributed by atoms with E-state index in [1.807, 2.05) is 0 Å². The van der Waals surface area contributed by atoms with Crippen molar-refractivity contribution in [1.82, 2.24) is 4.90 Å². The standard InChI is InChI=1S/C14H26N2O/c1-10(2)7-11-5-6-16(9-11)14(17)12-3-4-13(15)8-12/h10-13H,3-9,15H2,1-2H3. The summed E-state index contributed by atoms with van der Waals surface area (Å²) < 4.78 is 0. The molecule has 0 aromatic carbocycles. The first-order valence-corrected chi connectivity index (χ1v) is 7.10. The van der Waals surface area contributed by atoms with Crippen molar-refractivity contribution < 1.29 is 4.79 Å². The molecule has 2 aliphatic rings. The minimum absolute atomic E-state index is 0.225. The average Bonchev–Trinajstić information content (AvgIpc) is 2.85. The first-order valence-electron chi connectivity index (χ1n) is 7.10. The minimum Gasteiger partial charge on any atom is -0.342 e. The van der Waals surface area contributed by atoms with Crippen LogP contribution in [0.5, 0.6) is 0 Å². The van der Waals surface area contributed by atoms with E-state index in [1.54, 1.807) is 0 Å². The summed E-state index contributed by atoms with van der Waals surface area (Å²) in [5.74, 6) is 2.08.